The zero-order valence-corrected chi connectivity index (χ0v) is 22.6. The van der Waals surface area contributed by atoms with Gasteiger partial charge in [0.1, 0.15) is 46.6 Å². The first-order valence-corrected chi connectivity index (χ1v) is 12.8. The molecular weight excluding hydrogens is 582 g/mol. The number of nitrogen functional groups attached to an aromatic ring is 1. The number of urea groups is 1. The molecule has 3 aromatic carbocycles. The number of carbonyl (C=O) groups is 1. The van der Waals surface area contributed by atoms with Crippen LogP contribution in [0, 0.1) is 17.1 Å². The molecule has 1 unspecified atom stereocenters. The third-order valence-electron chi connectivity index (χ3n) is 6.44. The molecule has 0 fully saturated rings. The molecule has 0 bridgehead atoms. The molecule has 11 nitrogen and oxygen atoms in total. The Morgan fingerprint density at radius 2 is 1.80 bits per heavy atom. The number of amides is 2. The average molecular weight is 604 g/mol. The van der Waals surface area contributed by atoms with Crippen molar-refractivity contribution in [1.29, 1.82) is 5.26 Å². The minimum absolute atomic E-state index is 0.0376. The summed E-state index contributed by atoms with van der Waals surface area (Å²) in [6, 6.07) is 14.4. The molecule has 44 heavy (non-hydrogen) atoms. The quantitative estimate of drug-likeness (QED) is 0.182. The number of nitriles is 1. The van der Waals surface area contributed by atoms with Crippen molar-refractivity contribution in [3.63, 3.8) is 0 Å². The van der Waals surface area contributed by atoms with Crippen molar-refractivity contribution in [2.75, 3.05) is 21.7 Å². The Bertz CT molecular complexity index is 2000. The number of anilines is 4. The van der Waals surface area contributed by atoms with Gasteiger partial charge in [-0.05, 0) is 49.4 Å². The Labute approximate surface area is 246 Å². The van der Waals surface area contributed by atoms with E-state index in [0.29, 0.717) is 0 Å². The van der Waals surface area contributed by atoms with Gasteiger partial charge in [-0.2, -0.15) is 18.4 Å². The van der Waals surface area contributed by atoms with Gasteiger partial charge in [-0.25, -0.2) is 24.1 Å². The maximum atomic E-state index is 14.9. The third-order valence-corrected chi connectivity index (χ3v) is 6.44. The van der Waals surface area contributed by atoms with E-state index in [9.17, 15) is 32.4 Å². The van der Waals surface area contributed by atoms with Gasteiger partial charge in [0.2, 0.25) is 0 Å². The zero-order chi connectivity index (χ0) is 31.6. The topological polar surface area (TPSA) is 164 Å². The number of aromatic nitrogens is 4. The molecule has 222 valence electrons. The average Bonchev–Trinajstić information content (AvgIpc) is 2.97. The Hall–Kier alpha value is -6.04. The molecule has 0 saturated carbocycles. The van der Waals surface area contributed by atoms with E-state index < -0.39 is 40.9 Å². The fourth-order valence-electron chi connectivity index (χ4n) is 4.48. The predicted octanol–water partition coefficient (Wildman–Crippen LogP) is 5.60. The molecule has 0 aliphatic rings. The molecule has 1 atom stereocenters. The maximum absolute atomic E-state index is 14.9. The second-order valence-electron chi connectivity index (χ2n) is 9.38. The van der Waals surface area contributed by atoms with Crippen LogP contribution in [0.4, 0.5) is 45.4 Å². The van der Waals surface area contributed by atoms with Crippen LogP contribution in [-0.2, 0) is 6.18 Å². The summed E-state index contributed by atoms with van der Waals surface area (Å²) >= 11 is 0. The highest BCUT2D eigenvalue weighted by Crippen LogP contribution is 2.34. The number of halogens is 4. The number of alkyl halides is 3. The minimum Gasteiger partial charge on any atom is -0.382 e. The molecule has 5 N–H and O–H groups in total. The van der Waals surface area contributed by atoms with Gasteiger partial charge in [0.15, 0.2) is 0 Å². The van der Waals surface area contributed by atoms with Gasteiger partial charge in [-0.3, -0.25) is 9.36 Å². The fourth-order valence-corrected chi connectivity index (χ4v) is 4.48. The zero-order valence-electron chi connectivity index (χ0n) is 22.6. The number of benzene rings is 3. The van der Waals surface area contributed by atoms with E-state index in [2.05, 4.69) is 30.9 Å². The van der Waals surface area contributed by atoms with Gasteiger partial charge >= 0.3 is 12.2 Å². The number of nitrogens with one attached hydrogen (secondary N) is 3. The largest absolute Gasteiger partial charge is 0.418 e. The van der Waals surface area contributed by atoms with Crippen molar-refractivity contribution in [3.05, 3.63) is 106 Å². The monoisotopic (exact) mass is 603 g/mol. The van der Waals surface area contributed by atoms with Crippen molar-refractivity contribution in [3.8, 4) is 11.8 Å². The molecule has 0 saturated heterocycles. The Kier molecular flexibility index (Phi) is 7.82. The standard InChI is InChI=1S/C29H21F4N9O2/c1-15(38-25-18(13-34)24(35)36-14-37-25)26-40-22-11-5-9-20(30)23(22)27(43)42(26)17-7-4-6-16(12-17)39-28(44)41-21-10-3-2-8-19(21)29(31,32)33/h2-12,14-15H,1H3,(H2,39,41,44)(H3,35,36,37,38). The van der Waals surface area contributed by atoms with Gasteiger partial charge in [-0.15, -0.1) is 0 Å². The molecule has 0 aliphatic carbocycles. The van der Waals surface area contributed by atoms with Crippen molar-refractivity contribution < 1.29 is 22.4 Å². The molecule has 0 spiro atoms. The van der Waals surface area contributed by atoms with E-state index in [-0.39, 0.29) is 45.3 Å². The number of rotatable bonds is 6. The highest BCUT2D eigenvalue weighted by molar-refractivity contribution is 6.00. The summed E-state index contributed by atoms with van der Waals surface area (Å²) in [6.07, 6.45) is -3.55. The molecule has 0 aliphatic heterocycles. The Morgan fingerprint density at radius 3 is 2.55 bits per heavy atom. The number of hydrogen-bond donors (Lipinski definition) is 4. The highest BCUT2D eigenvalue weighted by atomic mass is 19.4. The van der Waals surface area contributed by atoms with Crippen molar-refractivity contribution in [2.24, 2.45) is 0 Å². The first-order chi connectivity index (χ1) is 21.0. The predicted molar refractivity (Wildman–Crippen MR) is 155 cm³/mol. The summed E-state index contributed by atoms with van der Waals surface area (Å²) in [7, 11) is 0. The lowest BCUT2D eigenvalue weighted by Gasteiger charge is -2.21. The highest BCUT2D eigenvalue weighted by Gasteiger charge is 2.33. The van der Waals surface area contributed by atoms with Crippen LogP contribution in [0.5, 0.6) is 0 Å². The molecule has 2 amide bonds. The van der Waals surface area contributed by atoms with Gasteiger partial charge in [0.25, 0.3) is 5.56 Å². The first kappa shape index (κ1) is 29.5. The second-order valence-corrected chi connectivity index (χ2v) is 9.38. The number of nitrogens with zero attached hydrogens (tertiary/aromatic N) is 5. The van der Waals surface area contributed by atoms with Crippen LogP contribution in [-0.4, -0.2) is 25.6 Å². The van der Waals surface area contributed by atoms with Crippen molar-refractivity contribution in [2.45, 2.75) is 19.1 Å². The maximum Gasteiger partial charge on any atom is 0.418 e. The summed E-state index contributed by atoms with van der Waals surface area (Å²) in [5.74, 6) is -0.736. The van der Waals surface area contributed by atoms with Gasteiger partial charge < -0.3 is 21.7 Å². The van der Waals surface area contributed by atoms with E-state index >= 15 is 0 Å². The fraction of sp³-hybridized carbons (Fsp3) is 0.103. The summed E-state index contributed by atoms with van der Waals surface area (Å²) in [5.41, 5.74) is 3.81. The smallest absolute Gasteiger partial charge is 0.382 e. The number of nitrogens with two attached hydrogens (primary N) is 1. The molecule has 5 rings (SSSR count). The van der Waals surface area contributed by atoms with Crippen LogP contribution in [0.1, 0.15) is 29.9 Å². The Morgan fingerprint density at radius 1 is 1.05 bits per heavy atom. The van der Waals surface area contributed by atoms with Crippen LogP contribution in [0.15, 0.2) is 77.9 Å². The van der Waals surface area contributed by atoms with Crippen LogP contribution >= 0.6 is 0 Å². The summed E-state index contributed by atoms with van der Waals surface area (Å²) in [4.78, 5) is 38.8. The van der Waals surface area contributed by atoms with Crippen LogP contribution < -0.4 is 27.2 Å². The van der Waals surface area contributed by atoms with Crippen LogP contribution in [0.2, 0.25) is 0 Å². The molecule has 2 heterocycles. The lowest BCUT2D eigenvalue weighted by Crippen LogP contribution is -2.28. The molecular formula is C29H21F4N9O2. The van der Waals surface area contributed by atoms with Crippen molar-refractivity contribution in [1.82, 2.24) is 19.5 Å². The lowest BCUT2D eigenvalue weighted by molar-refractivity contribution is -0.136. The number of fused-ring (bicyclic) bond motifs is 1. The first-order valence-electron chi connectivity index (χ1n) is 12.8. The van der Waals surface area contributed by atoms with Crippen LogP contribution in [0.25, 0.3) is 16.6 Å². The molecule has 15 heteroatoms. The number of carbonyl (C=O) groups excluding carboxylic acids is 1. The summed E-state index contributed by atoms with van der Waals surface area (Å²) in [6.45, 7) is 1.62. The van der Waals surface area contributed by atoms with E-state index in [1.807, 2.05) is 6.07 Å². The lowest BCUT2D eigenvalue weighted by atomic mass is 10.1. The molecule has 2 aromatic heterocycles. The third kappa shape index (κ3) is 5.81. The van der Waals surface area contributed by atoms with Gasteiger partial charge in [0.05, 0.1) is 28.5 Å². The summed E-state index contributed by atoms with van der Waals surface area (Å²) < 4.78 is 56.1. The second kappa shape index (κ2) is 11.7. The number of hydrogen-bond acceptors (Lipinski definition) is 8. The molecule has 0 radical (unpaired) electrons. The van der Waals surface area contributed by atoms with Crippen LogP contribution in [0.3, 0.4) is 0 Å². The minimum atomic E-state index is -4.70. The summed E-state index contributed by atoms with van der Waals surface area (Å²) in [5, 5.41) is 16.8. The van der Waals surface area contributed by atoms with E-state index in [1.54, 1.807) is 6.92 Å². The normalized spacial score (nSPS) is 11.9. The van der Waals surface area contributed by atoms with Crippen molar-refractivity contribution >= 4 is 39.9 Å². The SMILES string of the molecule is CC(Nc1ncnc(N)c1C#N)c1nc2cccc(F)c2c(=O)n1-c1cccc(NC(=O)Nc2ccccc2C(F)(F)F)c1. The van der Waals surface area contributed by atoms with E-state index in [1.165, 1.54) is 48.5 Å². The number of para-hydroxylation sites is 1. The van der Waals surface area contributed by atoms with E-state index in [4.69, 9.17) is 5.73 Å². The van der Waals surface area contributed by atoms with Gasteiger partial charge in [-0.1, -0.05) is 24.3 Å². The Balaban J connectivity index is 1.55. The van der Waals surface area contributed by atoms with Gasteiger partial charge in [0, 0.05) is 5.69 Å². The molecule has 5 aromatic rings. The van der Waals surface area contributed by atoms with E-state index in [0.717, 1.165) is 29.1 Å².